The van der Waals surface area contributed by atoms with Crippen LogP contribution in [0, 0.1) is 6.92 Å². The smallest absolute Gasteiger partial charge is 0.344 e. The number of rotatable bonds is 6. The van der Waals surface area contributed by atoms with Crippen molar-refractivity contribution in [3.8, 4) is 0 Å². The molecule has 0 amide bonds. The summed E-state index contributed by atoms with van der Waals surface area (Å²) in [4.78, 5) is 28.0. The maximum Gasteiger partial charge on any atom is 0.344 e. The van der Waals surface area contributed by atoms with Crippen molar-refractivity contribution in [3.05, 3.63) is 46.0 Å². The van der Waals surface area contributed by atoms with Gasteiger partial charge in [-0.1, -0.05) is 30.0 Å². The molecule has 1 atom stereocenters. The Morgan fingerprint density at radius 1 is 1.42 bits per heavy atom. The molecule has 1 fully saturated rings. The Bertz CT molecular complexity index is 997. The van der Waals surface area contributed by atoms with Gasteiger partial charge in [0.1, 0.15) is 0 Å². The molecule has 0 unspecified atom stereocenters. The van der Waals surface area contributed by atoms with Crippen LogP contribution in [0.25, 0.3) is 10.9 Å². The zero-order chi connectivity index (χ0) is 18.1. The summed E-state index contributed by atoms with van der Waals surface area (Å²) in [5.74, 6) is 0.238. The van der Waals surface area contributed by atoms with Crippen molar-refractivity contribution in [1.82, 2.24) is 19.7 Å². The van der Waals surface area contributed by atoms with Crippen LogP contribution in [0.2, 0.25) is 0 Å². The second-order valence-electron chi connectivity index (χ2n) is 6.44. The molecule has 3 aromatic rings. The lowest BCUT2D eigenvalue weighted by Crippen LogP contribution is -2.25. The highest BCUT2D eigenvalue weighted by molar-refractivity contribution is 7.99. The molecule has 1 aromatic carbocycles. The van der Waals surface area contributed by atoms with Crippen LogP contribution < -0.4 is 5.69 Å². The van der Waals surface area contributed by atoms with E-state index in [1.54, 1.807) is 4.57 Å². The van der Waals surface area contributed by atoms with Gasteiger partial charge >= 0.3 is 5.69 Å². The number of Topliss-reactive ketones (excluding diaryl/α,β-unsaturated/α-hetero) is 1. The summed E-state index contributed by atoms with van der Waals surface area (Å²) in [7, 11) is 0. The Morgan fingerprint density at radius 3 is 3.08 bits per heavy atom. The van der Waals surface area contributed by atoms with Crippen LogP contribution in [-0.4, -0.2) is 44.0 Å². The Hall–Kier alpha value is -2.32. The van der Waals surface area contributed by atoms with Gasteiger partial charge in [-0.15, -0.1) is 5.10 Å². The number of nitrogens with one attached hydrogen (secondary N) is 2. The van der Waals surface area contributed by atoms with E-state index in [4.69, 9.17) is 4.74 Å². The van der Waals surface area contributed by atoms with Crippen LogP contribution in [0.3, 0.4) is 0 Å². The van der Waals surface area contributed by atoms with Crippen molar-refractivity contribution in [2.24, 2.45) is 0 Å². The average molecular weight is 372 g/mol. The number of aryl methyl sites for hydroxylation is 1. The Labute approximate surface area is 154 Å². The molecule has 4 rings (SSSR count). The maximum absolute atomic E-state index is 12.8. The number of benzene rings is 1. The summed E-state index contributed by atoms with van der Waals surface area (Å²) >= 11 is 1.28. The Kier molecular flexibility index (Phi) is 4.69. The topological polar surface area (TPSA) is 92.8 Å². The molecule has 0 spiro atoms. The van der Waals surface area contributed by atoms with Crippen LogP contribution >= 0.6 is 11.8 Å². The normalized spacial score (nSPS) is 17.2. The summed E-state index contributed by atoms with van der Waals surface area (Å²) in [6.07, 6.45) is 1.99. The molecule has 1 saturated heterocycles. The van der Waals surface area contributed by atoms with Crippen molar-refractivity contribution in [3.63, 3.8) is 0 Å². The summed E-state index contributed by atoms with van der Waals surface area (Å²) in [5.41, 5.74) is 2.25. The minimum Gasteiger partial charge on any atom is -0.376 e. The first-order chi connectivity index (χ1) is 12.6. The van der Waals surface area contributed by atoms with Gasteiger partial charge in [-0.3, -0.25) is 9.36 Å². The number of para-hydroxylation sites is 1. The van der Waals surface area contributed by atoms with Gasteiger partial charge in [0.25, 0.3) is 0 Å². The summed E-state index contributed by atoms with van der Waals surface area (Å²) in [6.45, 7) is 3.11. The number of carbonyl (C=O) groups is 1. The quantitative estimate of drug-likeness (QED) is 0.512. The van der Waals surface area contributed by atoms with E-state index in [2.05, 4.69) is 15.2 Å². The van der Waals surface area contributed by atoms with Crippen molar-refractivity contribution in [2.75, 3.05) is 12.4 Å². The second kappa shape index (κ2) is 7.13. The number of ketones is 1. The summed E-state index contributed by atoms with van der Waals surface area (Å²) in [6, 6.07) is 7.76. The van der Waals surface area contributed by atoms with Gasteiger partial charge in [0.15, 0.2) is 10.9 Å². The SMILES string of the molecule is Cc1[nH]c2ccccc2c1C(=O)CSc1n[nH]c(=O)n1C[C@H]1CCCO1. The monoisotopic (exact) mass is 372 g/mol. The average Bonchev–Trinajstić information content (AvgIpc) is 3.33. The zero-order valence-electron chi connectivity index (χ0n) is 14.4. The molecule has 1 aliphatic heterocycles. The molecule has 136 valence electrons. The van der Waals surface area contributed by atoms with E-state index in [0.29, 0.717) is 17.3 Å². The molecule has 3 heterocycles. The maximum atomic E-state index is 12.8. The number of ether oxygens (including phenoxy) is 1. The predicted molar refractivity (Wildman–Crippen MR) is 99.9 cm³/mol. The third-order valence-electron chi connectivity index (χ3n) is 4.64. The molecule has 0 aliphatic carbocycles. The van der Waals surface area contributed by atoms with E-state index in [9.17, 15) is 9.59 Å². The second-order valence-corrected chi connectivity index (χ2v) is 7.38. The van der Waals surface area contributed by atoms with Crippen LogP contribution in [-0.2, 0) is 11.3 Å². The number of hydrogen-bond acceptors (Lipinski definition) is 5. The molecule has 0 saturated carbocycles. The lowest BCUT2D eigenvalue weighted by molar-refractivity contribution is 0.0941. The molecule has 2 N–H and O–H groups in total. The Morgan fingerprint density at radius 2 is 2.27 bits per heavy atom. The van der Waals surface area contributed by atoms with E-state index < -0.39 is 0 Å². The molecule has 26 heavy (non-hydrogen) atoms. The van der Waals surface area contributed by atoms with E-state index in [0.717, 1.165) is 36.0 Å². The number of thioether (sulfide) groups is 1. The first-order valence-electron chi connectivity index (χ1n) is 8.63. The molecule has 7 nitrogen and oxygen atoms in total. The van der Waals surface area contributed by atoms with Gasteiger partial charge < -0.3 is 9.72 Å². The van der Waals surface area contributed by atoms with Gasteiger partial charge in [0, 0.05) is 28.8 Å². The van der Waals surface area contributed by atoms with Crippen LogP contribution in [0.5, 0.6) is 0 Å². The molecule has 0 bridgehead atoms. The number of aromatic amines is 2. The van der Waals surface area contributed by atoms with Crippen molar-refractivity contribution < 1.29 is 9.53 Å². The number of H-pyrrole nitrogens is 2. The molecule has 8 heteroatoms. The van der Waals surface area contributed by atoms with E-state index in [1.165, 1.54) is 11.8 Å². The molecule has 0 radical (unpaired) electrons. The van der Waals surface area contributed by atoms with Crippen molar-refractivity contribution >= 4 is 28.4 Å². The van der Waals surface area contributed by atoms with E-state index in [-0.39, 0.29) is 23.3 Å². The van der Waals surface area contributed by atoms with Gasteiger partial charge in [-0.05, 0) is 25.8 Å². The highest BCUT2D eigenvalue weighted by Gasteiger charge is 2.21. The van der Waals surface area contributed by atoms with Crippen molar-refractivity contribution in [2.45, 2.75) is 37.6 Å². The molecular formula is C18H20N4O3S. The number of carbonyl (C=O) groups excluding carboxylic acids is 1. The van der Waals surface area contributed by atoms with Gasteiger partial charge in [-0.25, -0.2) is 9.89 Å². The number of fused-ring (bicyclic) bond motifs is 1. The fraction of sp³-hybridized carbons (Fsp3) is 0.389. The van der Waals surface area contributed by atoms with Crippen LogP contribution in [0.1, 0.15) is 28.9 Å². The predicted octanol–water partition coefficient (Wildman–Crippen LogP) is 2.52. The summed E-state index contributed by atoms with van der Waals surface area (Å²) < 4.78 is 7.17. The standard InChI is InChI=1S/C18H20N4O3S/c1-11-16(13-6-2-3-7-14(13)19-11)15(23)10-26-18-21-20-17(24)22(18)9-12-5-4-8-25-12/h2-3,6-7,12,19H,4-5,8-10H2,1H3,(H,20,24)/t12-/m1/s1. The van der Waals surface area contributed by atoms with Gasteiger partial charge in [0.2, 0.25) is 0 Å². The lowest BCUT2D eigenvalue weighted by Gasteiger charge is -2.10. The summed E-state index contributed by atoms with van der Waals surface area (Å²) in [5, 5.41) is 7.99. The lowest BCUT2D eigenvalue weighted by atomic mass is 10.1. The minimum absolute atomic E-state index is 0.0177. The largest absolute Gasteiger partial charge is 0.376 e. The van der Waals surface area contributed by atoms with Crippen molar-refractivity contribution in [1.29, 1.82) is 0 Å². The number of hydrogen-bond donors (Lipinski definition) is 2. The van der Waals surface area contributed by atoms with Crippen LogP contribution in [0.4, 0.5) is 0 Å². The number of aromatic nitrogens is 4. The fourth-order valence-electron chi connectivity index (χ4n) is 3.40. The first-order valence-corrected chi connectivity index (χ1v) is 9.62. The molecule has 1 aliphatic rings. The zero-order valence-corrected chi connectivity index (χ0v) is 15.3. The molecule has 2 aromatic heterocycles. The third kappa shape index (κ3) is 3.22. The highest BCUT2D eigenvalue weighted by atomic mass is 32.2. The first kappa shape index (κ1) is 17.1. The fourth-order valence-corrected chi connectivity index (χ4v) is 4.23. The Balaban J connectivity index is 1.51. The van der Waals surface area contributed by atoms with Gasteiger partial charge in [-0.2, -0.15) is 0 Å². The third-order valence-corrected chi connectivity index (χ3v) is 5.61. The minimum atomic E-state index is -0.265. The molecular weight excluding hydrogens is 352 g/mol. The van der Waals surface area contributed by atoms with E-state index >= 15 is 0 Å². The van der Waals surface area contributed by atoms with Gasteiger partial charge in [0.05, 0.1) is 18.4 Å². The van der Waals surface area contributed by atoms with E-state index in [1.807, 2.05) is 31.2 Å². The number of nitrogens with zero attached hydrogens (tertiary/aromatic N) is 2. The van der Waals surface area contributed by atoms with Crippen LogP contribution in [0.15, 0.2) is 34.2 Å². The highest BCUT2D eigenvalue weighted by Crippen LogP contribution is 2.25.